The number of hydrogen-bond acceptors (Lipinski definition) is 4. The predicted molar refractivity (Wildman–Crippen MR) is 101 cm³/mol. The highest BCUT2D eigenvalue weighted by Crippen LogP contribution is 2.63. The van der Waals surface area contributed by atoms with E-state index in [1.54, 1.807) is 18.2 Å². The highest BCUT2D eigenvalue weighted by molar-refractivity contribution is 5.95. The van der Waals surface area contributed by atoms with Crippen LogP contribution in [0.5, 0.6) is 0 Å². The molecule has 4 rings (SSSR count). The van der Waals surface area contributed by atoms with Crippen molar-refractivity contribution < 1.29 is 4.79 Å². The standard InChI is InChI=1S/C20H24N4O2/c1-19(2)13-8-9-20(19,3)16(10-13)22-23-17(25)11-24-12-21-15-7-5-4-6-14(15)18(24)26/h4-7,12-13H,8-11H2,1-3H3,(H,23,25)/b22-16+/t13-,20+/m0/s1. The number of hydrogen-bond donors (Lipinski definition) is 1. The van der Waals surface area contributed by atoms with Crippen LogP contribution >= 0.6 is 0 Å². The minimum absolute atomic E-state index is 0.0479. The number of para-hydroxylation sites is 1. The lowest BCUT2D eigenvalue weighted by molar-refractivity contribution is -0.121. The van der Waals surface area contributed by atoms with Crippen LogP contribution in [0.1, 0.15) is 40.0 Å². The Kier molecular flexibility index (Phi) is 3.75. The van der Waals surface area contributed by atoms with Gasteiger partial charge in [0.25, 0.3) is 11.5 Å². The molecule has 0 saturated heterocycles. The monoisotopic (exact) mass is 352 g/mol. The molecule has 136 valence electrons. The maximum Gasteiger partial charge on any atom is 0.261 e. The molecular formula is C20H24N4O2. The molecule has 0 aliphatic heterocycles. The molecule has 26 heavy (non-hydrogen) atoms. The molecule has 6 nitrogen and oxygen atoms in total. The summed E-state index contributed by atoms with van der Waals surface area (Å²) < 4.78 is 1.32. The fourth-order valence-corrected chi connectivity index (χ4v) is 4.64. The second-order valence-electron chi connectivity index (χ2n) is 8.28. The third-order valence-corrected chi connectivity index (χ3v) is 6.87. The van der Waals surface area contributed by atoms with Crippen LogP contribution in [-0.4, -0.2) is 21.2 Å². The molecule has 1 heterocycles. The van der Waals surface area contributed by atoms with Gasteiger partial charge >= 0.3 is 0 Å². The van der Waals surface area contributed by atoms with Crippen molar-refractivity contribution in [2.45, 2.75) is 46.6 Å². The van der Waals surface area contributed by atoms with Crippen molar-refractivity contribution >= 4 is 22.5 Å². The van der Waals surface area contributed by atoms with Gasteiger partial charge in [-0.3, -0.25) is 14.2 Å². The second kappa shape index (κ2) is 5.76. The Morgan fingerprint density at radius 1 is 1.35 bits per heavy atom. The molecule has 0 spiro atoms. The van der Waals surface area contributed by atoms with Crippen LogP contribution < -0.4 is 11.0 Å². The average molecular weight is 352 g/mol. The van der Waals surface area contributed by atoms with E-state index >= 15 is 0 Å². The van der Waals surface area contributed by atoms with Gasteiger partial charge in [-0.15, -0.1) is 0 Å². The van der Waals surface area contributed by atoms with Gasteiger partial charge < -0.3 is 0 Å². The first kappa shape index (κ1) is 16.9. The van der Waals surface area contributed by atoms with Crippen LogP contribution in [0.2, 0.25) is 0 Å². The fraction of sp³-hybridized carbons (Fsp3) is 0.500. The Hall–Kier alpha value is -2.50. The van der Waals surface area contributed by atoms with Crippen LogP contribution in [-0.2, 0) is 11.3 Å². The molecule has 2 aromatic rings. The van der Waals surface area contributed by atoms with Gasteiger partial charge in [-0.2, -0.15) is 5.10 Å². The minimum Gasteiger partial charge on any atom is -0.289 e. The summed E-state index contributed by atoms with van der Waals surface area (Å²) in [5.41, 5.74) is 4.42. The molecule has 2 aliphatic rings. The van der Waals surface area contributed by atoms with Gasteiger partial charge in [-0.25, -0.2) is 10.4 Å². The molecule has 2 saturated carbocycles. The van der Waals surface area contributed by atoms with Crippen molar-refractivity contribution in [1.82, 2.24) is 15.0 Å². The number of fused-ring (bicyclic) bond motifs is 3. The van der Waals surface area contributed by atoms with Gasteiger partial charge in [0.15, 0.2) is 0 Å². The van der Waals surface area contributed by atoms with E-state index in [0.29, 0.717) is 16.8 Å². The zero-order valence-corrected chi connectivity index (χ0v) is 15.5. The van der Waals surface area contributed by atoms with Crippen LogP contribution in [0.25, 0.3) is 10.9 Å². The number of carbonyl (C=O) groups is 1. The van der Waals surface area contributed by atoms with E-state index in [2.05, 4.69) is 36.3 Å². The lowest BCUT2D eigenvalue weighted by Gasteiger charge is -2.34. The summed E-state index contributed by atoms with van der Waals surface area (Å²) in [6, 6.07) is 7.13. The smallest absolute Gasteiger partial charge is 0.261 e. The SMILES string of the molecule is CC1(C)[C@H]2CC[C@]1(C)/C(=N/NC(=O)Cn1cnc3ccccc3c1=O)C2. The third kappa shape index (κ3) is 2.39. The number of rotatable bonds is 3. The summed E-state index contributed by atoms with van der Waals surface area (Å²) in [5.74, 6) is 0.330. The zero-order valence-electron chi connectivity index (χ0n) is 15.5. The summed E-state index contributed by atoms with van der Waals surface area (Å²) in [6.07, 6.45) is 4.71. The third-order valence-electron chi connectivity index (χ3n) is 6.87. The first-order valence-electron chi connectivity index (χ1n) is 9.13. The van der Waals surface area contributed by atoms with Gasteiger partial charge in [0.05, 0.1) is 17.2 Å². The molecule has 1 aromatic heterocycles. The van der Waals surface area contributed by atoms with Crippen LogP contribution in [0.3, 0.4) is 0 Å². The maximum atomic E-state index is 12.5. The number of benzene rings is 1. The Balaban J connectivity index is 1.51. The largest absolute Gasteiger partial charge is 0.289 e. The van der Waals surface area contributed by atoms with E-state index in [1.165, 1.54) is 17.3 Å². The van der Waals surface area contributed by atoms with E-state index in [1.807, 2.05) is 6.07 Å². The minimum atomic E-state index is -0.305. The summed E-state index contributed by atoms with van der Waals surface area (Å²) in [6.45, 7) is 6.77. The second-order valence-corrected chi connectivity index (χ2v) is 8.28. The average Bonchev–Trinajstić information content (AvgIpc) is 2.96. The molecule has 0 unspecified atom stereocenters. The number of hydrazone groups is 1. The fourth-order valence-electron chi connectivity index (χ4n) is 4.64. The Morgan fingerprint density at radius 2 is 2.12 bits per heavy atom. The maximum absolute atomic E-state index is 12.5. The number of nitrogens with zero attached hydrogens (tertiary/aromatic N) is 3. The van der Waals surface area contributed by atoms with Crippen LogP contribution in [0.4, 0.5) is 0 Å². The molecule has 2 bridgehead atoms. The van der Waals surface area contributed by atoms with Gasteiger partial charge in [0, 0.05) is 11.1 Å². The lowest BCUT2D eigenvalue weighted by Crippen LogP contribution is -2.35. The molecule has 2 atom stereocenters. The summed E-state index contributed by atoms with van der Waals surface area (Å²) >= 11 is 0. The normalized spacial score (nSPS) is 28.0. The van der Waals surface area contributed by atoms with Gasteiger partial charge in [-0.1, -0.05) is 32.9 Å². The van der Waals surface area contributed by atoms with Crippen LogP contribution in [0.15, 0.2) is 40.5 Å². The number of aromatic nitrogens is 2. The van der Waals surface area contributed by atoms with E-state index < -0.39 is 0 Å². The van der Waals surface area contributed by atoms with Crippen molar-refractivity contribution in [2.75, 3.05) is 0 Å². The zero-order chi connectivity index (χ0) is 18.5. The van der Waals surface area contributed by atoms with Crippen molar-refractivity contribution in [2.24, 2.45) is 21.8 Å². The highest BCUT2D eigenvalue weighted by Gasteiger charge is 2.59. The van der Waals surface area contributed by atoms with E-state index in [4.69, 9.17) is 0 Å². The van der Waals surface area contributed by atoms with Gasteiger partial charge in [-0.05, 0) is 42.7 Å². The highest BCUT2D eigenvalue weighted by atomic mass is 16.2. The molecule has 6 heteroatoms. The van der Waals surface area contributed by atoms with E-state index in [9.17, 15) is 9.59 Å². The first-order valence-corrected chi connectivity index (χ1v) is 9.13. The van der Waals surface area contributed by atoms with Crippen molar-refractivity contribution in [1.29, 1.82) is 0 Å². The number of amides is 1. The summed E-state index contributed by atoms with van der Waals surface area (Å²) in [4.78, 5) is 29.0. The van der Waals surface area contributed by atoms with Crippen molar-refractivity contribution in [3.05, 3.63) is 40.9 Å². The van der Waals surface area contributed by atoms with Crippen molar-refractivity contribution in [3.63, 3.8) is 0 Å². The quantitative estimate of drug-likeness (QED) is 0.863. The topological polar surface area (TPSA) is 76.3 Å². The van der Waals surface area contributed by atoms with E-state index in [0.717, 1.165) is 18.6 Å². The predicted octanol–water partition coefficient (Wildman–Crippen LogP) is 2.71. The number of carbonyl (C=O) groups excluding carboxylic acids is 1. The molecule has 1 N–H and O–H groups in total. The van der Waals surface area contributed by atoms with Crippen molar-refractivity contribution in [3.8, 4) is 0 Å². The van der Waals surface area contributed by atoms with Crippen LogP contribution in [0, 0.1) is 16.7 Å². The summed E-state index contributed by atoms with van der Waals surface area (Å²) in [5, 5.41) is 4.95. The molecule has 0 radical (unpaired) electrons. The molecule has 1 amide bonds. The Bertz CT molecular complexity index is 975. The van der Waals surface area contributed by atoms with Gasteiger partial charge in [0.2, 0.25) is 0 Å². The Labute approximate surface area is 152 Å². The molecule has 1 aromatic carbocycles. The Morgan fingerprint density at radius 3 is 2.81 bits per heavy atom. The molecule has 2 aliphatic carbocycles. The first-order chi connectivity index (χ1) is 12.3. The number of nitrogens with one attached hydrogen (secondary N) is 1. The molecular weight excluding hydrogens is 328 g/mol. The van der Waals surface area contributed by atoms with Gasteiger partial charge in [0.1, 0.15) is 6.54 Å². The summed E-state index contributed by atoms with van der Waals surface area (Å²) in [7, 11) is 0. The van der Waals surface area contributed by atoms with E-state index in [-0.39, 0.29) is 28.8 Å². The lowest BCUT2D eigenvalue weighted by atomic mass is 9.70. The molecule has 2 fully saturated rings.